The Morgan fingerprint density at radius 2 is 2.00 bits per heavy atom. The molecule has 0 saturated heterocycles. The number of methoxy groups -OCH3 is 1. The molecule has 2 aromatic carbocycles. The predicted molar refractivity (Wildman–Crippen MR) is 108 cm³/mol. The molecule has 136 valence electrons. The first-order valence-electron chi connectivity index (χ1n) is 9.75. The molecule has 1 heterocycles. The van der Waals surface area contributed by atoms with E-state index in [4.69, 9.17) is 4.74 Å². The number of nitrogens with zero attached hydrogens (tertiary/aromatic N) is 1. The van der Waals surface area contributed by atoms with Crippen LogP contribution in [-0.2, 0) is 13.0 Å². The molecule has 0 saturated carbocycles. The number of hydrogen-bond donors (Lipinski definition) is 1. The van der Waals surface area contributed by atoms with Crippen LogP contribution >= 0.6 is 0 Å². The summed E-state index contributed by atoms with van der Waals surface area (Å²) >= 11 is 0. The molecule has 3 heteroatoms. The first kappa shape index (κ1) is 17.2. The quantitative estimate of drug-likeness (QED) is 0.697. The Morgan fingerprint density at radius 1 is 1.15 bits per heavy atom. The van der Waals surface area contributed by atoms with Crippen molar-refractivity contribution in [3.63, 3.8) is 0 Å². The van der Waals surface area contributed by atoms with E-state index in [1.165, 1.54) is 41.4 Å². The van der Waals surface area contributed by atoms with E-state index in [0.29, 0.717) is 5.92 Å². The summed E-state index contributed by atoms with van der Waals surface area (Å²) in [6.07, 6.45) is 3.70. The fraction of sp³-hybridized carbons (Fsp3) is 0.391. The van der Waals surface area contributed by atoms with Crippen molar-refractivity contribution in [2.24, 2.45) is 0 Å². The number of hydrogen-bond acceptors (Lipinski definition) is 2. The molecular weight excluding hydrogens is 320 g/mol. The molecule has 0 spiro atoms. The third-order valence-corrected chi connectivity index (χ3v) is 5.62. The third-order valence-electron chi connectivity index (χ3n) is 5.62. The van der Waals surface area contributed by atoms with Crippen molar-refractivity contribution in [3.05, 3.63) is 65.4 Å². The Bertz CT molecular complexity index is 882. The summed E-state index contributed by atoms with van der Waals surface area (Å²) in [6, 6.07) is 17.4. The van der Waals surface area contributed by atoms with Crippen LogP contribution in [-0.4, -0.2) is 24.8 Å². The lowest BCUT2D eigenvalue weighted by atomic mass is 9.85. The zero-order valence-electron chi connectivity index (χ0n) is 15.8. The van der Waals surface area contributed by atoms with Gasteiger partial charge in [-0.2, -0.15) is 0 Å². The number of fused-ring (bicyclic) bond motifs is 3. The van der Waals surface area contributed by atoms with Crippen LogP contribution in [0, 0.1) is 0 Å². The highest BCUT2D eigenvalue weighted by atomic mass is 16.5. The third kappa shape index (κ3) is 3.12. The van der Waals surface area contributed by atoms with Gasteiger partial charge in [0.2, 0.25) is 0 Å². The molecule has 1 aromatic heterocycles. The van der Waals surface area contributed by atoms with Crippen molar-refractivity contribution in [2.75, 3.05) is 20.2 Å². The van der Waals surface area contributed by atoms with Crippen LogP contribution in [0.1, 0.15) is 42.5 Å². The minimum absolute atomic E-state index is 0.588. The first-order valence-corrected chi connectivity index (χ1v) is 9.75. The van der Waals surface area contributed by atoms with E-state index in [9.17, 15) is 0 Å². The molecule has 0 aliphatic heterocycles. The fourth-order valence-corrected chi connectivity index (χ4v) is 4.39. The Hall–Kier alpha value is -2.26. The maximum Gasteiger partial charge on any atom is 0.119 e. The van der Waals surface area contributed by atoms with Crippen LogP contribution < -0.4 is 10.1 Å². The highest BCUT2D eigenvalue weighted by Gasteiger charge is 2.27. The molecule has 0 radical (unpaired) electrons. The van der Waals surface area contributed by atoms with E-state index in [-0.39, 0.29) is 0 Å². The molecule has 1 aliphatic carbocycles. The topological polar surface area (TPSA) is 26.2 Å². The summed E-state index contributed by atoms with van der Waals surface area (Å²) in [7, 11) is 1.75. The molecule has 1 N–H and O–H groups in total. The fourth-order valence-electron chi connectivity index (χ4n) is 4.39. The van der Waals surface area contributed by atoms with Gasteiger partial charge in [0.1, 0.15) is 5.75 Å². The number of rotatable bonds is 6. The summed E-state index contributed by atoms with van der Waals surface area (Å²) in [4.78, 5) is 0. The van der Waals surface area contributed by atoms with Gasteiger partial charge in [-0.15, -0.1) is 0 Å². The Kier molecular flexibility index (Phi) is 4.98. The van der Waals surface area contributed by atoms with E-state index in [0.717, 1.165) is 25.4 Å². The second kappa shape index (κ2) is 7.55. The number of benzene rings is 2. The van der Waals surface area contributed by atoms with E-state index in [1.807, 2.05) is 0 Å². The van der Waals surface area contributed by atoms with Gasteiger partial charge < -0.3 is 14.6 Å². The van der Waals surface area contributed by atoms with Crippen molar-refractivity contribution in [2.45, 2.75) is 38.6 Å². The minimum Gasteiger partial charge on any atom is -0.497 e. The second-order valence-electron chi connectivity index (χ2n) is 7.21. The van der Waals surface area contributed by atoms with Crippen molar-refractivity contribution < 1.29 is 4.74 Å². The number of nitrogens with one attached hydrogen (secondary N) is 1. The SMILES string of the molecule is CCNCC1CCCc2c1c1cc(OC)ccc1n2Cc1ccccc1. The van der Waals surface area contributed by atoms with Crippen molar-refractivity contribution >= 4 is 10.9 Å². The molecule has 4 rings (SSSR count). The summed E-state index contributed by atoms with van der Waals surface area (Å²) in [5.41, 5.74) is 5.76. The molecule has 1 aliphatic rings. The number of aromatic nitrogens is 1. The largest absolute Gasteiger partial charge is 0.497 e. The summed E-state index contributed by atoms with van der Waals surface area (Å²) in [5, 5.41) is 4.94. The van der Waals surface area contributed by atoms with Crippen LogP contribution in [0.4, 0.5) is 0 Å². The van der Waals surface area contributed by atoms with Crippen molar-refractivity contribution in [3.8, 4) is 5.75 Å². The molecule has 1 unspecified atom stereocenters. The number of likely N-dealkylation sites (N-methyl/N-ethyl adjacent to an activating group) is 1. The van der Waals surface area contributed by atoms with Gasteiger partial charge in [0.25, 0.3) is 0 Å². The zero-order valence-corrected chi connectivity index (χ0v) is 15.8. The standard InChI is InChI=1S/C23H28N2O/c1-3-24-15-18-10-7-11-22-23(18)20-14-19(26-2)12-13-21(20)25(22)16-17-8-5-4-6-9-17/h4-6,8-9,12-14,18,24H,3,7,10-11,15-16H2,1-2H3. The van der Waals surface area contributed by atoms with Crippen LogP contribution in [0.25, 0.3) is 10.9 Å². The van der Waals surface area contributed by atoms with Gasteiger partial charge in [-0.25, -0.2) is 0 Å². The Balaban J connectivity index is 1.86. The Morgan fingerprint density at radius 3 is 2.77 bits per heavy atom. The average Bonchev–Trinajstić information content (AvgIpc) is 3.01. The summed E-state index contributed by atoms with van der Waals surface area (Å²) < 4.78 is 8.07. The van der Waals surface area contributed by atoms with Crippen LogP contribution in [0.3, 0.4) is 0 Å². The average molecular weight is 348 g/mol. The van der Waals surface area contributed by atoms with Gasteiger partial charge >= 0.3 is 0 Å². The Labute approximate surface area is 156 Å². The second-order valence-corrected chi connectivity index (χ2v) is 7.21. The molecule has 0 amide bonds. The highest BCUT2D eigenvalue weighted by molar-refractivity contribution is 5.88. The van der Waals surface area contributed by atoms with Gasteiger partial charge in [0.15, 0.2) is 0 Å². The molecule has 1 atom stereocenters. The van der Waals surface area contributed by atoms with Crippen molar-refractivity contribution in [1.29, 1.82) is 0 Å². The van der Waals surface area contributed by atoms with Gasteiger partial charge in [-0.3, -0.25) is 0 Å². The molecular formula is C23H28N2O. The molecule has 3 aromatic rings. The van der Waals surface area contributed by atoms with Gasteiger partial charge in [0, 0.05) is 29.7 Å². The van der Waals surface area contributed by atoms with Crippen LogP contribution in [0.15, 0.2) is 48.5 Å². The number of ether oxygens (including phenoxy) is 1. The maximum atomic E-state index is 5.53. The summed E-state index contributed by atoms with van der Waals surface area (Å²) in [5.74, 6) is 1.54. The van der Waals surface area contributed by atoms with Gasteiger partial charge in [-0.05, 0) is 61.1 Å². The molecule has 26 heavy (non-hydrogen) atoms. The van der Waals surface area contributed by atoms with E-state index in [2.05, 4.69) is 65.3 Å². The zero-order chi connectivity index (χ0) is 17.9. The summed E-state index contributed by atoms with van der Waals surface area (Å²) in [6.45, 7) is 5.21. The lowest BCUT2D eigenvalue weighted by molar-refractivity contribution is 0.415. The van der Waals surface area contributed by atoms with E-state index >= 15 is 0 Å². The lowest BCUT2D eigenvalue weighted by Gasteiger charge is -2.25. The normalized spacial score (nSPS) is 16.6. The molecule has 0 fully saturated rings. The van der Waals surface area contributed by atoms with Crippen LogP contribution in [0.5, 0.6) is 5.75 Å². The van der Waals surface area contributed by atoms with E-state index < -0.39 is 0 Å². The molecule has 3 nitrogen and oxygen atoms in total. The minimum atomic E-state index is 0.588. The predicted octanol–water partition coefficient (Wildman–Crippen LogP) is 4.73. The van der Waals surface area contributed by atoms with Gasteiger partial charge in [-0.1, -0.05) is 37.3 Å². The maximum absolute atomic E-state index is 5.53. The van der Waals surface area contributed by atoms with Crippen LogP contribution in [0.2, 0.25) is 0 Å². The van der Waals surface area contributed by atoms with E-state index in [1.54, 1.807) is 12.7 Å². The van der Waals surface area contributed by atoms with Crippen molar-refractivity contribution in [1.82, 2.24) is 9.88 Å². The van der Waals surface area contributed by atoms with Gasteiger partial charge in [0.05, 0.1) is 7.11 Å². The molecule has 0 bridgehead atoms. The first-order chi connectivity index (χ1) is 12.8. The monoisotopic (exact) mass is 348 g/mol. The lowest BCUT2D eigenvalue weighted by Crippen LogP contribution is -2.24. The smallest absolute Gasteiger partial charge is 0.119 e. The highest BCUT2D eigenvalue weighted by Crippen LogP contribution is 2.40.